The van der Waals surface area contributed by atoms with Crippen molar-refractivity contribution in [3.05, 3.63) is 47.1 Å². The molecule has 0 saturated carbocycles. The van der Waals surface area contributed by atoms with E-state index in [-0.39, 0.29) is 23.8 Å². The van der Waals surface area contributed by atoms with Crippen molar-refractivity contribution in [2.75, 3.05) is 47.8 Å². The van der Waals surface area contributed by atoms with Crippen molar-refractivity contribution in [2.45, 2.75) is 19.1 Å². The molecule has 1 aromatic carbocycles. The lowest BCUT2D eigenvalue weighted by Gasteiger charge is -2.40. The van der Waals surface area contributed by atoms with Crippen LogP contribution in [-0.2, 0) is 15.8 Å². The quantitative estimate of drug-likeness (QED) is 0.750. The van der Waals surface area contributed by atoms with Crippen molar-refractivity contribution in [3.8, 4) is 0 Å². The van der Waals surface area contributed by atoms with Crippen LogP contribution in [0.15, 0.2) is 36.5 Å². The van der Waals surface area contributed by atoms with E-state index in [2.05, 4.69) is 15.2 Å². The Bertz CT molecular complexity index is 1020. The van der Waals surface area contributed by atoms with Crippen LogP contribution in [-0.4, -0.2) is 60.5 Å². The van der Waals surface area contributed by atoms with Crippen LogP contribution in [0.25, 0.3) is 0 Å². The van der Waals surface area contributed by atoms with E-state index in [1.54, 1.807) is 19.2 Å². The first-order valence-corrected chi connectivity index (χ1v) is 10.4. The molecule has 0 bridgehead atoms. The molecule has 0 aliphatic carbocycles. The minimum Gasteiger partial charge on any atom is -0.354 e. The van der Waals surface area contributed by atoms with Gasteiger partial charge in [-0.1, -0.05) is 11.6 Å². The lowest BCUT2D eigenvalue weighted by molar-refractivity contribution is -0.137. The number of rotatable bonds is 3. The summed E-state index contributed by atoms with van der Waals surface area (Å²) in [4.78, 5) is 35.0. The standard InChI is InChI=1S/C21H21ClF3N5O2/c1-13(28-6-8-29(9-7-28)18-5-3-15(22)11-26-18)20(32)30-12-19(31)27-16-10-14(21(23,24)25)2-4-17(16)30/h2-5,10-11,13H,6-9,12H2,1H3,(H,27,31). The molecule has 7 nitrogen and oxygen atoms in total. The number of nitrogens with one attached hydrogen (secondary N) is 1. The highest BCUT2D eigenvalue weighted by Crippen LogP contribution is 2.37. The Balaban J connectivity index is 1.46. The van der Waals surface area contributed by atoms with Crippen molar-refractivity contribution in [1.82, 2.24) is 9.88 Å². The minimum absolute atomic E-state index is 0.0183. The fourth-order valence-corrected chi connectivity index (χ4v) is 4.05. The number of amides is 2. The summed E-state index contributed by atoms with van der Waals surface area (Å²) in [5, 5.41) is 2.99. The predicted molar refractivity (Wildman–Crippen MR) is 115 cm³/mol. The average molecular weight is 468 g/mol. The zero-order chi connectivity index (χ0) is 23.0. The first-order chi connectivity index (χ1) is 15.1. The van der Waals surface area contributed by atoms with Crippen molar-refractivity contribution in [3.63, 3.8) is 0 Å². The number of aromatic nitrogens is 1. The van der Waals surface area contributed by atoms with Crippen LogP contribution in [0.3, 0.4) is 0 Å². The number of pyridine rings is 1. The Morgan fingerprint density at radius 3 is 2.50 bits per heavy atom. The number of fused-ring (bicyclic) bond motifs is 1. The highest BCUT2D eigenvalue weighted by molar-refractivity contribution is 6.30. The van der Waals surface area contributed by atoms with Crippen LogP contribution >= 0.6 is 11.6 Å². The normalized spacial score (nSPS) is 18.2. The summed E-state index contributed by atoms with van der Waals surface area (Å²) in [7, 11) is 0. The second-order valence-corrected chi connectivity index (χ2v) is 8.17. The Hall–Kier alpha value is -2.85. The van der Waals surface area contributed by atoms with Gasteiger partial charge in [-0.15, -0.1) is 0 Å². The fraction of sp³-hybridized carbons (Fsp3) is 0.381. The predicted octanol–water partition coefficient (Wildman–Crippen LogP) is 3.25. The van der Waals surface area contributed by atoms with E-state index in [4.69, 9.17) is 11.6 Å². The van der Waals surface area contributed by atoms with Crippen molar-refractivity contribution < 1.29 is 22.8 Å². The molecule has 1 aromatic heterocycles. The first-order valence-electron chi connectivity index (χ1n) is 10.1. The Morgan fingerprint density at radius 2 is 1.88 bits per heavy atom. The molecule has 11 heteroatoms. The van der Waals surface area contributed by atoms with Crippen molar-refractivity contribution >= 4 is 40.6 Å². The van der Waals surface area contributed by atoms with E-state index >= 15 is 0 Å². The van der Waals surface area contributed by atoms with E-state index in [0.717, 1.165) is 18.0 Å². The summed E-state index contributed by atoms with van der Waals surface area (Å²) >= 11 is 5.89. The maximum atomic E-state index is 13.2. The summed E-state index contributed by atoms with van der Waals surface area (Å²) in [6.45, 7) is 4.00. The lowest BCUT2D eigenvalue weighted by atomic mass is 10.1. The zero-order valence-electron chi connectivity index (χ0n) is 17.2. The van der Waals surface area contributed by atoms with Gasteiger partial charge in [-0.3, -0.25) is 19.4 Å². The highest BCUT2D eigenvalue weighted by atomic mass is 35.5. The van der Waals surface area contributed by atoms with Crippen LogP contribution < -0.4 is 15.1 Å². The van der Waals surface area contributed by atoms with Gasteiger partial charge in [-0.2, -0.15) is 13.2 Å². The molecule has 1 saturated heterocycles. The number of hydrogen-bond donors (Lipinski definition) is 1. The van der Waals surface area contributed by atoms with Crippen LogP contribution in [0.5, 0.6) is 0 Å². The zero-order valence-corrected chi connectivity index (χ0v) is 18.0. The maximum Gasteiger partial charge on any atom is 0.416 e. The third-order valence-electron chi connectivity index (χ3n) is 5.71. The van der Waals surface area contributed by atoms with Crippen LogP contribution in [0.1, 0.15) is 12.5 Å². The van der Waals surface area contributed by atoms with Crippen molar-refractivity contribution in [1.29, 1.82) is 0 Å². The number of hydrogen-bond acceptors (Lipinski definition) is 5. The van der Waals surface area contributed by atoms with Gasteiger partial charge in [0.25, 0.3) is 0 Å². The SMILES string of the molecule is CC(C(=O)N1CC(=O)Nc2cc(C(F)(F)F)ccc21)N1CCN(c2ccc(Cl)cn2)CC1. The Labute approximate surface area is 187 Å². The molecule has 1 unspecified atom stereocenters. The maximum absolute atomic E-state index is 13.2. The van der Waals surface area contributed by atoms with Crippen LogP contribution in [0, 0.1) is 0 Å². The summed E-state index contributed by atoms with van der Waals surface area (Å²) in [5.74, 6) is -0.0648. The number of benzene rings is 1. The molecule has 3 heterocycles. The summed E-state index contributed by atoms with van der Waals surface area (Å²) in [6.07, 6.45) is -2.96. The molecule has 2 amide bonds. The van der Waals surface area contributed by atoms with Crippen LogP contribution in [0.2, 0.25) is 5.02 Å². The van der Waals surface area contributed by atoms with E-state index in [0.29, 0.717) is 31.2 Å². The summed E-state index contributed by atoms with van der Waals surface area (Å²) < 4.78 is 39.1. The summed E-state index contributed by atoms with van der Waals surface area (Å²) in [5.41, 5.74) is -0.639. The second kappa shape index (κ2) is 8.59. The molecule has 0 spiro atoms. The molecule has 4 rings (SSSR count). The molecule has 0 radical (unpaired) electrons. The molecule has 1 atom stereocenters. The van der Waals surface area contributed by atoms with Gasteiger partial charge in [0.15, 0.2) is 0 Å². The van der Waals surface area contributed by atoms with E-state index in [1.807, 2.05) is 11.0 Å². The molecule has 2 aliphatic heterocycles. The molecule has 2 aromatic rings. The van der Waals surface area contributed by atoms with Gasteiger partial charge in [0.2, 0.25) is 11.8 Å². The number of piperazine rings is 1. The van der Waals surface area contributed by atoms with Gasteiger partial charge in [-0.25, -0.2) is 4.98 Å². The average Bonchev–Trinajstić information content (AvgIpc) is 2.77. The van der Waals surface area contributed by atoms with E-state index in [1.165, 1.54) is 11.0 Å². The number of halogens is 4. The van der Waals surface area contributed by atoms with Crippen LogP contribution in [0.4, 0.5) is 30.4 Å². The minimum atomic E-state index is -4.54. The number of carbonyl (C=O) groups is 2. The highest BCUT2D eigenvalue weighted by Gasteiger charge is 2.36. The smallest absolute Gasteiger partial charge is 0.354 e. The topological polar surface area (TPSA) is 68.8 Å². The van der Waals surface area contributed by atoms with Gasteiger partial charge >= 0.3 is 6.18 Å². The molecule has 170 valence electrons. The molecular formula is C21H21ClF3N5O2. The van der Waals surface area contributed by atoms with Gasteiger partial charge in [-0.05, 0) is 37.3 Å². The molecule has 1 N–H and O–H groups in total. The molecular weight excluding hydrogens is 447 g/mol. The summed E-state index contributed by atoms with van der Waals surface area (Å²) in [6, 6.07) is 6.06. The van der Waals surface area contributed by atoms with E-state index in [9.17, 15) is 22.8 Å². The monoisotopic (exact) mass is 467 g/mol. The number of carbonyl (C=O) groups excluding carboxylic acids is 2. The van der Waals surface area contributed by atoms with Gasteiger partial charge < -0.3 is 10.2 Å². The lowest BCUT2D eigenvalue weighted by Crippen LogP contribution is -2.56. The Kier molecular flexibility index (Phi) is 6.00. The van der Waals surface area contributed by atoms with Gasteiger partial charge in [0, 0.05) is 32.4 Å². The fourth-order valence-electron chi connectivity index (χ4n) is 3.94. The number of nitrogens with zero attached hydrogens (tertiary/aromatic N) is 4. The third-order valence-corrected chi connectivity index (χ3v) is 5.94. The molecule has 32 heavy (non-hydrogen) atoms. The van der Waals surface area contributed by atoms with E-state index < -0.39 is 23.7 Å². The number of anilines is 3. The second-order valence-electron chi connectivity index (χ2n) is 7.74. The van der Waals surface area contributed by atoms with Gasteiger partial charge in [0.1, 0.15) is 12.4 Å². The Morgan fingerprint density at radius 1 is 1.16 bits per heavy atom. The first kappa shape index (κ1) is 22.3. The largest absolute Gasteiger partial charge is 0.416 e. The van der Waals surface area contributed by atoms with Gasteiger partial charge in [0.05, 0.1) is 28.0 Å². The molecule has 1 fully saturated rings. The number of alkyl halides is 3. The van der Waals surface area contributed by atoms with Crippen molar-refractivity contribution in [2.24, 2.45) is 0 Å². The third kappa shape index (κ3) is 4.51. The molecule has 2 aliphatic rings.